The first-order valence-corrected chi connectivity index (χ1v) is 8.27. The van der Waals surface area contributed by atoms with E-state index < -0.39 is 5.97 Å². The van der Waals surface area contributed by atoms with Crippen LogP contribution in [-0.4, -0.2) is 60.4 Å². The van der Waals surface area contributed by atoms with Crippen molar-refractivity contribution in [2.24, 2.45) is 11.3 Å². The Hall–Kier alpha value is -1.14. The molecule has 0 aromatic heterocycles. The van der Waals surface area contributed by atoms with Gasteiger partial charge in [-0.05, 0) is 44.4 Å². The Labute approximate surface area is 130 Å². The summed E-state index contributed by atoms with van der Waals surface area (Å²) in [6.45, 7) is 3.73. The molecule has 1 atom stereocenters. The number of amides is 1. The van der Waals surface area contributed by atoms with Gasteiger partial charge in [-0.25, -0.2) is 0 Å². The summed E-state index contributed by atoms with van der Waals surface area (Å²) in [5, 5.41) is 9.13. The molecule has 1 spiro atoms. The molecule has 2 saturated carbocycles. The van der Waals surface area contributed by atoms with Crippen LogP contribution in [0.15, 0.2) is 0 Å². The summed E-state index contributed by atoms with van der Waals surface area (Å²) >= 11 is 0. The van der Waals surface area contributed by atoms with Gasteiger partial charge in [0.15, 0.2) is 0 Å². The van der Waals surface area contributed by atoms with Gasteiger partial charge in [0, 0.05) is 31.8 Å². The van der Waals surface area contributed by atoms with Gasteiger partial charge < -0.3 is 19.5 Å². The number of carboxylic acid groups (broad SMARTS) is 1. The molecule has 3 rings (SSSR count). The maximum Gasteiger partial charge on any atom is 0.323 e. The quantitative estimate of drug-likeness (QED) is 0.800. The zero-order chi connectivity index (χ0) is 15.7. The van der Waals surface area contributed by atoms with E-state index in [0.717, 1.165) is 32.1 Å². The Kier molecular flexibility index (Phi) is 4.41. The molecule has 124 valence electrons. The second-order valence-electron chi connectivity index (χ2n) is 6.81. The highest BCUT2D eigenvalue weighted by Crippen LogP contribution is 2.66. The van der Waals surface area contributed by atoms with E-state index in [0.29, 0.717) is 25.9 Å². The van der Waals surface area contributed by atoms with Gasteiger partial charge in [0.2, 0.25) is 5.91 Å². The molecule has 1 amide bonds. The van der Waals surface area contributed by atoms with E-state index in [1.807, 2.05) is 6.92 Å². The van der Waals surface area contributed by atoms with Crippen molar-refractivity contribution >= 4 is 11.9 Å². The molecular formula is C16H25NO5. The second-order valence-corrected chi connectivity index (χ2v) is 6.81. The predicted octanol–water partition coefficient (Wildman–Crippen LogP) is 1.28. The molecule has 6 heteroatoms. The first-order valence-electron chi connectivity index (χ1n) is 8.27. The summed E-state index contributed by atoms with van der Waals surface area (Å²) in [7, 11) is 0. The second kappa shape index (κ2) is 6.16. The number of ether oxygens (including phenoxy) is 2. The molecule has 6 nitrogen and oxygen atoms in total. The van der Waals surface area contributed by atoms with Crippen molar-refractivity contribution in [2.75, 3.05) is 26.4 Å². The third-order valence-electron chi connectivity index (χ3n) is 5.38. The van der Waals surface area contributed by atoms with Crippen molar-refractivity contribution in [3.05, 3.63) is 0 Å². The van der Waals surface area contributed by atoms with Crippen LogP contribution in [0.2, 0.25) is 0 Å². The highest BCUT2D eigenvalue weighted by atomic mass is 16.5. The van der Waals surface area contributed by atoms with Crippen molar-refractivity contribution in [3.63, 3.8) is 0 Å². The van der Waals surface area contributed by atoms with Crippen LogP contribution >= 0.6 is 0 Å². The van der Waals surface area contributed by atoms with Crippen LogP contribution in [0.25, 0.3) is 0 Å². The van der Waals surface area contributed by atoms with Crippen molar-refractivity contribution in [2.45, 2.75) is 51.2 Å². The standard InChI is InChI=1S/C16H25NO5/c1-2-22-12-7-16(8-12)9-13(16)15(20)17(10-14(18)19)11-3-5-21-6-4-11/h11-13H,2-10H2,1H3,(H,18,19). The van der Waals surface area contributed by atoms with Gasteiger partial charge in [0.05, 0.1) is 6.10 Å². The minimum absolute atomic E-state index is 0.00593. The molecule has 1 aliphatic heterocycles. The fraction of sp³-hybridized carbons (Fsp3) is 0.875. The molecule has 1 heterocycles. The molecule has 0 aromatic rings. The summed E-state index contributed by atoms with van der Waals surface area (Å²) in [4.78, 5) is 25.5. The van der Waals surface area contributed by atoms with Crippen LogP contribution in [0.3, 0.4) is 0 Å². The maximum absolute atomic E-state index is 12.8. The van der Waals surface area contributed by atoms with Crippen LogP contribution < -0.4 is 0 Å². The van der Waals surface area contributed by atoms with Crippen molar-refractivity contribution in [1.29, 1.82) is 0 Å². The first kappa shape index (κ1) is 15.7. The molecule has 22 heavy (non-hydrogen) atoms. The third kappa shape index (κ3) is 2.99. The SMILES string of the molecule is CCOC1CC2(C1)CC2C(=O)N(CC(=O)O)C1CCOCC1. The lowest BCUT2D eigenvalue weighted by Gasteiger charge is -2.38. The summed E-state index contributed by atoms with van der Waals surface area (Å²) in [5.74, 6) is -0.897. The summed E-state index contributed by atoms with van der Waals surface area (Å²) in [6.07, 6.45) is 4.56. The number of carbonyl (C=O) groups is 2. The Morgan fingerprint density at radius 2 is 1.95 bits per heavy atom. The summed E-state index contributed by atoms with van der Waals surface area (Å²) in [5.41, 5.74) is 0.110. The number of carbonyl (C=O) groups excluding carboxylic acids is 1. The fourth-order valence-electron chi connectivity index (χ4n) is 4.08. The Morgan fingerprint density at radius 3 is 2.55 bits per heavy atom. The lowest BCUT2D eigenvalue weighted by Crippen LogP contribution is -2.48. The van der Waals surface area contributed by atoms with Gasteiger partial charge in [0.1, 0.15) is 6.54 Å². The zero-order valence-corrected chi connectivity index (χ0v) is 13.1. The molecule has 3 fully saturated rings. The molecule has 0 aromatic carbocycles. The normalized spacial score (nSPS) is 34.2. The average molecular weight is 311 g/mol. The number of nitrogens with zero attached hydrogens (tertiary/aromatic N) is 1. The van der Waals surface area contributed by atoms with E-state index in [1.54, 1.807) is 4.90 Å². The van der Waals surface area contributed by atoms with E-state index >= 15 is 0 Å². The van der Waals surface area contributed by atoms with Gasteiger partial charge in [-0.1, -0.05) is 0 Å². The van der Waals surface area contributed by atoms with Gasteiger partial charge in [-0.15, -0.1) is 0 Å². The van der Waals surface area contributed by atoms with Gasteiger partial charge in [-0.3, -0.25) is 9.59 Å². The van der Waals surface area contributed by atoms with E-state index in [1.165, 1.54) is 0 Å². The van der Waals surface area contributed by atoms with Crippen molar-refractivity contribution in [1.82, 2.24) is 4.90 Å². The van der Waals surface area contributed by atoms with Crippen LogP contribution in [0.4, 0.5) is 0 Å². The first-order chi connectivity index (χ1) is 10.6. The smallest absolute Gasteiger partial charge is 0.323 e. The van der Waals surface area contributed by atoms with Crippen LogP contribution in [0.1, 0.15) is 39.0 Å². The third-order valence-corrected chi connectivity index (χ3v) is 5.38. The van der Waals surface area contributed by atoms with Crippen LogP contribution in [0, 0.1) is 11.3 Å². The molecule has 0 bridgehead atoms. The topological polar surface area (TPSA) is 76.1 Å². The molecule has 0 radical (unpaired) electrons. The zero-order valence-electron chi connectivity index (χ0n) is 13.1. The highest BCUT2D eigenvalue weighted by Gasteiger charge is 2.65. The van der Waals surface area contributed by atoms with Gasteiger partial charge >= 0.3 is 5.97 Å². The van der Waals surface area contributed by atoms with E-state index in [2.05, 4.69) is 0 Å². The minimum atomic E-state index is -0.935. The van der Waals surface area contributed by atoms with E-state index in [4.69, 9.17) is 14.6 Å². The van der Waals surface area contributed by atoms with Gasteiger partial charge in [0.25, 0.3) is 0 Å². The molecule has 3 aliphatic rings. The number of hydrogen-bond acceptors (Lipinski definition) is 4. The van der Waals surface area contributed by atoms with E-state index in [9.17, 15) is 9.59 Å². The Morgan fingerprint density at radius 1 is 1.27 bits per heavy atom. The largest absolute Gasteiger partial charge is 0.480 e. The predicted molar refractivity (Wildman–Crippen MR) is 78.4 cm³/mol. The van der Waals surface area contributed by atoms with E-state index in [-0.39, 0.29) is 29.8 Å². The fourth-order valence-corrected chi connectivity index (χ4v) is 4.08. The summed E-state index contributed by atoms with van der Waals surface area (Å²) < 4.78 is 10.9. The number of aliphatic carboxylic acids is 1. The Balaban J connectivity index is 1.60. The minimum Gasteiger partial charge on any atom is -0.480 e. The van der Waals surface area contributed by atoms with Crippen LogP contribution in [0.5, 0.6) is 0 Å². The summed E-state index contributed by atoms with van der Waals surface area (Å²) in [6, 6.07) is 0.0118. The monoisotopic (exact) mass is 311 g/mol. The highest BCUT2D eigenvalue weighted by molar-refractivity contribution is 5.86. The maximum atomic E-state index is 12.8. The molecular weight excluding hydrogens is 286 g/mol. The number of hydrogen-bond donors (Lipinski definition) is 1. The van der Waals surface area contributed by atoms with Crippen molar-refractivity contribution < 1.29 is 24.2 Å². The van der Waals surface area contributed by atoms with Crippen LogP contribution in [-0.2, 0) is 19.1 Å². The lowest BCUT2D eigenvalue weighted by atomic mass is 9.76. The number of rotatable bonds is 6. The average Bonchev–Trinajstić information content (AvgIpc) is 3.20. The number of carboxylic acids is 1. The lowest BCUT2D eigenvalue weighted by molar-refractivity contribution is -0.149. The Bertz CT molecular complexity index is 440. The van der Waals surface area contributed by atoms with Crippen molar-refractivity contribution in [3.8, 4) is 0 Å². The molecule has 1 saturated heterocycles. The molecule has 1 unspecified atom stereocenters. The van der Waals surface area contributed by atoms with Gasteiger partial charge in [-0.2, -0.15) is 0 Å². The molecule has 1 N–H and O–H groups in total. The molecule has 2 aliphatic carbocycles.